The number of aromatic nitrogens is 1. The predicted octanol–water partition coefficient (Wildman–Crippen LogP) is 4.42. The fourth-order valence-electron chi connectivity index (χ4n) is 4.73. The van der Waals surface area contributed by atoms with Crippen LogP contribution >= 0.6 is 0 Å². The highest BCUT2D eigenvalue weighted by atomic mass is 16.5. The Bertz CT molecular complexity index is 1580. The maximum absolute atomic E-state index is 13.0. The highest BCUT2D eigenvalue weighted by molar-refractivity contribution is 6.04. The third-order valence-corrected chi connectivity index (χ3v) is 7.05. The number of hydrogen-bond acceptors (Lipinski definition) is 6. The van der Waals surface area contributed by atoms with Crippen LogP contribution < -0.4 is 11.1 Å². The van der Waals surface area contributed by atoms with Crippen LogP contribution in [0.3, 0.4) is 0 Å². The zero-order valence-corrected chi connectivity index (χ0v) is 23.5. The van der Waals surface area contributed by atoms with Crippen molar-refractivity contribution in [2.24, 2.45) is 0 Å². The number of ether oxygens (including phenoxy) is 1. The number of amides is 2. The van der Waals surface area contributed by atoms with E-state index < -0.39 is 0 Å². The number of anilines is 2. The Kier molecular flexibility index (Phi) is 9.24. The van der Waals surface area contributed by atoms with E-state index in [2.05, 4.69) is 27.0 Å². The summed E-state index contributed by atoms with van der Waals surface area (Å²) in [5.41, 5.74) is 11.4. The van der Waals surface area contributed by atoms with Crippen molar-refractivity contribution in [3.8, 4) is 11.8 Å². The molecular formula is C34H33N5O3. The Morgan fingerprint density at radius 1 is 0.857 bits per heavy atom. The van der Waals surface area contributed by atoms with Crippen molar-refractivity contribution >= 4 is 23.3 Å². The molecule has 0 saturated carbocycles. The zero-order chi connectivity index (χ0) is 29.3. The summed E-state index contributed by atoms with van der Waals surface area (Å²) >= 11 is 0. The maximum Gasteiger partial charge on any atom is 0.257 e. The highest BCUT2D eigenvalue weighted by Gasteiger charge is 2.24. The van der Waals surface area contributed by atoms with Gasteiger partial charge < -0.3 is 20.7 Å². The van der Waals surface area contributed by atoms with E-state index in [0.29, 0.717) is 42.2 Å². The van der Waals surface area contributed by atoms with Crippen LogP contribution in [-0.2, 0) is 17.9 Å². The van der Waals surface area contributed by atoms with Gasteiger partial charge >= 0.3 is 0 Å². The summed E-state index contributed by atoms with van der Waals surface area (Å²) in [7, 11) is 1.59. The van der Waals surface area contributed by atoms with Gasteiger partial charge in [-0.3, -0.25) is 14.5 Å². The minimum Gasteiger partial charge on any atom is -0.383 e. The van der Waals surface area contributed by atoms with Crippen molar-refractivity contribution < 1.29 is 14.3 Å². The molecule has 0 atom stereocenters. The van der Waals surface area contributed by atoms with Crippen LogP contribution in [0.5, 0.6) is 0 Å². The zero-order valence-electron chi connectivity index (χ0n) is 23.5. The standard InChI is InChI=1S/C34H33N5O3/c1-42-24-30-17-18-31(32(35)36-30)34(41)39-21-19-38(20-22-39)23-27-9-13-28(14-10-27)33(40)37-29-15-11-26(12-16-29)8-7-25-5-3-2-4-6-25/h2-6,9-18H,19-24H2,1H3,(H2,35,36)(H,37,40). The Morgan fingerprint density at radius 3 is 2.17 bits per heavy atom. The molecule has 8 heteroatoms. The van der Waals surface area contributed by atoms with Crippen molar-refractivity contribution in [3.05, 3.63) is 125 Å². The van der Waals surface area contributed by atoms with Crippen molar-refractivity contribution in [2.75, 3.05) is 44.3 Å². The van der Waals surface area contributed by atoms with E-state index in [1.807, 2.05) is 83.8 Å². The topological polar surface area (TPSA) is 101 Å². The van der Waals surface area contributed by atoms with E-state index in [-0.39, 0.29) is 17.6 Å². The van der Waals surface area contributed by atoms with Gasteiger partial charge in [0.05, 0.1) is 17.9 Å². The van der Waals surface area contributed by atoms with Gasteiger partial charge in [-0.15, -0.1) is 0 Å². The molecular weight excluding hydrogens is 526 g/mol. The fraction of sp³-hybridized carbons (Fsp3) is 0.206. The summed E-state index contributed by atoms with van der Waals surface area (Å²) < 4.78 is 5.08. The number of nitrogen functional groups attached to an aromatic ring is 1. The summed E-state index contributed by atoms with van der Waals surface area (Å²) in [6.07, 6.45) is 0. The normalized spacial score (nSPS) is 13.2. The molecule has 1 saturated heterocycles. The van der Waals surface area contributed by atoms with Crippen LogP contribution in [0.15, 0.2) is 91.0 Å². The van der Waals surface area contributed by atoms with Gasteiger partial charge in [0.25, 0.3) is 11.8 Å². The molecule has 8 nitrogen and oxygen atoms in total. The van der Waals surface area contributed by atoms with Crippen LogP contribution in [0.25, 0.3) is 0 Å². The van der Waals surface area contributed by atoms with E-state index >= 15 is 0 Å². The predicted molar refractivity (Wildman–Crippen MR) is 164 cm³/mol. The number of hydrogen-bond donors (Lipinski definition) is 2. The Labute approximate surface area is 246 Å². The first-order valence-electron chi connectivity index (χ1n) is 13.8. The van der Waals surface area contributed by atoms with Crippen molar-refractivity contribution in [3.63, 3.8) is 0 Å². The lowest BCUT2D eigenvalue weighted by atomic mass is 10.1. The lowest BCUT2D eigenvalue weighted by Crippen LogP contribution is -2.48. The van der Waals surface area contributed by atoms with E-state index in [9.17, 15) is 9.59 Å². The van der Waals surface area contributed by atoms with Gasteiger partial charge in [0.1, 0.15) is 5.82 Å². The van der Waals surface area contributed by atoms with Gasteiger partial charge in [-0.05, 0) is 66.2 Å². The van der Waals surface area contributed by atoms with E-state index in [1.165, 1.54) is 0 Å². The van der Waals surface area contributed by atoms with Crippen LogP contribution in [0, 0.1) is 11.8 Å². The molecule has 0 bridgehead atoms. The van der Waals surface area contributed by atoms with Gasteiger partial charge in [-0.2, -0.15) is 0 Å². The average Bonchev–Trinajstić information content (AvgIpc) is 3.02. The molecule has 5 rings (SSSR count). The van der Waals surface area contributed by atoms with Gasteiger partial charge in [-0.25, -0.2) is 4.98 Å². The molecule has 1 aromatic heterocycles. The van der Waals surface area contributed by atoms with Crippen LogP contribution in [0.1, 0.15) is 43.1 Å². The smallest absolute Gasteiger partial charge is 0.257 e. The molecule has 4 aromatic rings. The van der Waals surface area contributed by atoms with E-state index in [0.717, 1.165) is 36.3 Å². The van der Waals surface area contributed by atoms with E-state index in [4.69, 9.17) is 10.5 Å². The first-order chi connectivity index (χ1) is 20.5. The molecule has 0 spiro atoms. The van der Waals surface area contributed by atoms with Crippen molar-refractivity contribution in [1.82, 2.24) is 14.8 Å². The first-order valence-corrected chi connectivity index (χ1v) is 13.8. The second-order valence-corrected chi connectivity index (χ2v) is 10.1. The lowest BCUT2D eigenvalue weighted by Gasteiger charge is -2.35. The van der Waals surface area contributed by atoms with Crippen molar-refractivity contribution in [2.45, 2.75) is 13.2 Å². The van der Waals surface area contributed by atoms with E-state index in [1.54, 1.807) is 19.2 Å². The third kappa shape index (κ3) is 7.40. The molecule has 1 aliphatic heterocycles. The highest BCUT2D eigenvalue weighted by Crippen LogP contribution is 2.17. The number of methoxy groups -OCH3 is 1. The Hall–Kier alpha value is -4.97. The molecule has 0 aliphatic carbocycles. The third-order valence-electron chi connectivity index (χ3n) is 7.05. The number of carbonyl (C=O) groups is 2. The summed E-state index contributed by atoms with van der Waals surface area (Å²) in [6.45, 7) is 3.79. The minimum atomic E-state index is -0.166. The summed E-state index contributed by atoms with van der Waals surface area (Å²) in [5, 5.41) is 2.95. The summed E-state index contributed by atoms with van der Waals surface area (Å²) in [4.78, 5) is 34.2. The largest absolute Gasteiger partial charge is 0.383 e. The number of nitrogens with two attached hydrogens (primary N) is 1. The monoisotopic (exact) mass is 559 g/mol. The first kappa shape index (κ1) is 28.6. The number of nitrogens with one attached hydrogen (secondary N) is 1. The van der Waals surface area contributed by atoms with Crippen LogP contribution in [0.2, 0.25) is 0 Å². The van der Waals surface area contributed by atoms with Gasteiger partial charge in [-0.1, -0.05) is 42.2 Å². The Balaban J connectivity index is 1.10. The SMILES string of the molecule is COCc1ccc(C(=O)N2CCN(Cc3ccc(C(=O)Nc4ccc(C#Cc5ccccc5)cc4)cc3)CC2)c(N)n1. The number of rotatable bonds is 7. The molecule has 2 heterocycles. The second kappa shape index (κ2) is 13.6. The van der Waals surface area contributed by atoms with Crippen LogP contribution in [-0.4, -0.2) is 59.9 Å². The minimum absolute atomic E-state index is 0.103. The van der Waals surface area contributed by atoms with Gasteiger partial charge in [0, 0.05) is 62.2 Å². The molecule has 3 aromatic carbocycles. The number of carbonyl (C=O) groups excluding carboxylic acids is 2. The van der Waals surface area contributed by atoms with Gasteiger partial charge in [0.2, 0.25) is 0 Å². The lowest BCUT2D eigenvalue weighted by molar-refractivity contribution is 0.0629. The number of nitrogens with zero attached hydrogens (tertiary/aromatic N) is 3. The van der Waals surface area contributed by atoms with Crippen LogP contribution in [0.4, 0.5) is 11.5 Å². The fourth-order valence-corrected chi connectivity index (χ4v) is 4.73. The quantitative estimate of drug-likeness (QED) is 0.325. The Morgan fingerprint density at radius 2 is 1.52 bits per heavy atom. The molecule has 1 fully saturated rings. The number of pyridine rings is 1. The molecule has 1 aliphatic rings. The average molecular weight is 560 g/mol. The molecule has 212 valence electrons. The second-order valence-electron chi connectivity index (χ2n) is 10.1. The van der Waals surface area contributed by atoms with Gasteiger partial charge in [0.15, 0.2) is 0 Å². The maximum atomic E-state index is 13.0. The summed E-state index contributed by atoms with van der Waals surface area (Å²) in [6, 6.07) is 28.4. The molecule has 0 unspecified atom stereocenters. The van der Waals surface area contributed by atoms with Crippen molar-refractivity contribution in [1.29, 1.82) is 0 Å². The molecule has 0 radical (unpaired) electrons. The number of benzene rings is 3. The molecule has 3 N–H and O–H groups in total. The molecule has 42 heavy (non-hydrogen) atoms. The summed E-state index contributed by atoms with van der Waals surface area (Å²) in [5.74, 6) is 6.23. The number of piperazine rings is 1. The molecule has 2 amide bonds.